The Morgan fingerprint density at radius 2 is 2.00 bits per heavy atom. The molecule has 0 saturated carbocycles. The Kier molecular flexibility index (Phi) is 8.46. The zero-order valence-electron chi connectivity index (χ0n) is 17.0. The van der Waals surface area contributed by atoms with Gasteiger partial charge in [0.2, 0.25) is 0 Å². The van der Waals surface area contributed by atoms with Gasteiger partial charge in [0.05, 0.1) is 25.9 Å². The minimum absolute atomic E-state index is 0.209. The Labute approximate surface area is 166 Å². The number of ether oxygens (including phenoxy) is 2. The number of anilines is 1. The number of hydrogen-bond acceptors (Lipinski definition) is 7. The topological polar surface area (TPSA) is 107 Å². The largest absolute Gasteiger partial charge is 0.497 e. The number of nitrogens with zero attached hydrogens (tertiary/aromatic N) is 2. The average molecular weight is 396 g/mol. The molecule has 0 aromatic heterocycles. The lowest BCUT2D eigenvalue weighted by Gasteiger charge is -2.31. The third-order valence-electron chi connectivity index (χ3n) is 4.84. The number of urea groups is 1. The number of aliphatic hydroxyl groups is 2. The smallest absolute Gasteiger partial charge is 0.319 e. The van der Waals surface area contributed by atoms with E-state index in [-0.39, 0.29) is 25.2 Å². The highest BCUT2D eigenvalue weighted by atomic mass is 16.5. The van der Waals surface area contributed by atoms with E-state index in [1.54, 1.807) is 31.4 Å². The molecule has 4 N–H and O–H groups in total. The highest BCUT2D eigenvalue weighted by molar-refractivity contribution is 5.89. The Morgan fingerprint density at radius 1 is 1.25 bits per heavy atom. The molecule has 158 valence electrons. The van der Waals surface area contributed by atoms with E-state index in [9.17, 15) is 15.0 Å². The molecule has 1 aromatic rings. The molecule has 4 atom stereocenters. The van der Waals surface area contributed by atoms with Crippen LogP contribution in [0.2, 0.25) is 0 Å². The third-order valence-corrected chi connectivity index (χ3v) is 4.84. The van der Waals surface area contributed by atoms with Crippen LogP contribution < -0.4 is 15.4 Å². The monoisotopic (exact) mass is 396 g/mol. The molecule has 1 heterocycles. The van der Waals surface area contributed by atoms with Gasteiger partial charge in [0, 0.05) is 31.4 Å². The van der Waals surface area contributed by atoms with Crippen molar-refractivity contribution in [2.75, 3.05) is 59.8 Å². The molecule has 9 nitrogen and oxygen atoms in total. The number of rotatable bonds is 9. The van der Waals surface area contributed by atoms with Crippen LogP contribution in [0.3, 0.4) is 0 Å². The first kappa shape index (κ1) is 22.4. The van der Waals surface area contributed by atoms with E-state index >= 15 is 0 Å². The number of nitrogens with one attached hydrogen (secondary N) is 2. The second kappa shape index (κ2) is 10.6. The molecule has 1 aliphatic rings. The number of carbonyl (C=O) groups excluding carboxylic acids is 1. The van der Waals surface area contributed by atoms with E-state index in [0.29, 0.717) is 11.4 Å². The van der Waals surface area contributed by atoms with Gasteiger partial charge in [0.25, 0.3) is 0 Å². The van der Waals surface area contributed by atoms with Crippen LogP contribution in [0.4, 0.5) is 10.5 Å². The Balaban J connectivity index is 1.94. The summed E-state index contributed by atoms with van der Waals surface area (Å²) in [4.78, 5) is 16.3. The highest BCUT2D eigenvalue weighted by Gasteiger charge is 2.45. The number of benzene rings is 1. The predicted molar refractivity (Wildman–Crippen MR) is 107 cm³/mol. The summed E-state index contributed by atoms with van der Waals surface area (Å²) in [5.41, 5.74) is 0.608. The zero-order valence-corrected chi connectivity index (χ0v) is 17.0. The fourth-order valence-corrected chi connectivity index (χ4v) is 3.27. The number of carbonyl (C=O) groups is 1. The minimum Gasteiger partial charge on any atom is -0.497 e. The van der Waals surface area contributed by atoms with Gasteiger partial charge in [-0.15, -0.1) is 0 Å². The number of aliphatic hydroxyl groups excluding tert-OH is 2. The van der Waals surface area contributed by atoms with Gasteiger partial charge in [-0.05, 0) is 33.3 Å². The normalized spacial score (nSPS) is 24.6. The summed E-state index contributed by atoms with van der Waals surface area (Å²) < 4.78 is 10.9. The van der Waals surface area contributed by atoms with Crippen LogP contribution in [0.15, 0.2) is 24.3 Å². The number of hydrogen-bond donors (Lipinski definition) is 4. The minimum atomic E-state index is -0.828. The quantitative estimate of drug-likeness (QED) is 0.458. The van der Waals surface area contributed by atoms with E-state index in [2.05, 4.69) is 15.5 Å². The molecule has 9 heteroatoms. The van der Waals surface area contributed by atoms with Gasteiger partial charge in [-0.1, -0.05) is 6.07 Å². The molecule has 1 saturated heterocycles. The average Bonchev–Trinajstić information content (AvgIpc) is 3.00. The Morgan fingerprint density at radius 3 is 2.64 bits per heavy atom. The molecule has 0 radical (unpaired) electrons. The van der Waals surface area contributed by atoms with Crippen LogP contribution in [-0.4, -0.2) is 105 Å². The van der Waals surface area contributed by atoms with Gasteiger partial charge in [-0.25, -0.2) is 4.79 Å². The summed E-state index contributed by atoms with van der Waals surface area (Å²) >= 11 is 0. The molecule has 0 aliphatic carbocycles. The fourth-order valence-electron chi connectivity index (χ4n) is 3.27. The lowest BCUT2D eigenvalue weighted by molar-refractivity contribution is -0.0205. The van der Waals surface area contributed by atoms with Gasteiger partial charge in [-0.3, -0.25) is 4.90 Å². The molecule has 2 amide bonds. The van der Waals surface area contributed by atoms with Crippen molar-refractivity contribution in [3.63, 3.8) is 0 Å². The molecule has 1 fully saturated rings. The first-order valence-electron chi connectivity index (χ1n) is 9.34. The van der Waals surface area contributed by atoms with E-state index < -0.39 is 18.3 Å². The molecule has 0 unspecified atom stereocenters. The van der Waals surface area contributed by atoms with Crippen molar-refractivity contribution in [1.82, 2.24) is 15.1 Å². The lowest BCUT2D eigenvalue weighted by atomic mass is 10.0. The van der Waals surface area contributed by atoms with Crippen molar-refractivity contribution < 1.29 is 24.5 Å². The Hall–Kier alpha value is -1.91. The first-order chi connectivity index (χ1) is 13.3. The van der Waals surface area contributed by atoms with Crippen LogP contribution >= 0.6 is 0 Å². The zero-order chi connectivity index (χ0) is 20.7. The summed E-state index contributed by atoms with van der Waals surface area (Å²) in [6.07, 6.45) is -1.93. The SMILES string of the molecule is COc1cccc(NC(=O)NC[C@H]2O[C@@H](CO)[C@@H](O)[C@@H]2N(C)CCN(C)C)c1. The highest BCUT2D eigenvalue weighted by Crippen LogP contribution is 2.25. The van der Waals surface area contributed by atoms with Crippen molar-refractivity contribution in [3.05, 3.63) is 24.3 Å². The van der Waals surface area contributed by atoms with Crippen molar-refractivity contribution in [1.29, 1.82) is 0 Å². The van der Waals surface area contributed by atoms with Crippen molar-refractivity contribution in [3.8, 4) is 5.75 Å². The van der Waals surface area contributed by atoms with Crippen LogP contribution in [-0.2, 0) is 4.74 Å². The number of methoxy groups -OCH3 is 1. The second-order valence-corrected chi connectivity index (χ2v) is 7.23. The molecule has 1 aromatic carbocycles. The molecule has 28 heavy (non-hydrogen) atoms. The number of amides is 2. The summed E-state index contributed by atoms with van der Waals surface area (Å²) in [5.74, 6) is 0.647. The summed E-state index contributed by atoms with van der Waals surface area (Å²) in [5, 5.41) is 25.5. The van der Waals surface area contributed by atoms with Crippen molar-refractivity contribution in [2.45, 2.75) is 24.4 Å². The summed E-state index contributed by atoms with van der Waals surface area (Å²) in [6.45, 7) is 1.48. The molecule has 2 rings (SSSR count). The van der Waals surface area contributed by atoms with Crippen LogP contribution in [0.1, 0.15) is 0 Å². The lowest BCUT2D eigenvalue weighted by Crippen LogP contribution is -2.51. The van der Waals surface area contributed by atoms with Crippen LogP contribution in [0.25, 0.3) is 0 Å². The van der Waals surface area contributed by atoms with Crippen molar-refractivity contribution in [2.24, 2.45) is 0 Å². The van der Waals surface area contributed by atoms with E-state index in [1.165, 1.54) is 0 Å². The summed E-state index contributed by atoms with van der Waals surface area (Å²) in [7, 11) is 7.43. The van der Waals surface area contributed by atoms with Gasteiger partial charge >= 0.3 is 6.03 Å². The van der Waals surface area contributed by atoms with Gasteiger partial charge < -0.3 is 35.2 Å². The van der Waals surface area contributed by atoms with Gasteiger partial charge in [-0.2, -0.15) is 0 Å². The van der Waals surface area contributed by atoms with Gasteiger partial charge in [0.15, 0.2) is 0 Å². The van der Waals surface area contributed by atoms with Crippen molar-refractivity contribution >= 4 is 11.7 Å². The fraction of sp³-hybridized carbons (Fsp3) is 0.632. The number of likely N-dealkylation sites (N-methyl/N-ethyl adjacent to an activating group) is 2. The standard InChI is InChI=1S/C19H32N4O5/c1-22(2)8-9-23(3)17-15(28-16(12-24)18(17)25)11-20-19(26)21-13-6-5-7-14(10-13)27-4/h5-7,10,15-18,24-25H,8-9,11-12H2,1-4H3,(H2,20,21,26)/t15-,16+,17-,18-/m1/s1. The predicted octanol–water partition coefficient (Wildman–Crippen LogP) is -0.201. The van der Waals surface area contributed by atoms with E-state index in [0.717, 1.165) is 13.1 Å². The molecular formula is C19H32N4O5. The maximum atomic E-state index is 12.2. The molecule has 0 bridgehead atoms. The van der Waals surface area contributed by atoms with Crippen LogP contribution in [0, 0.1) is 0 Å². The van der Waals surface area contributed by atoms with Crippen LogP contribution in [0.5, 0.6) is 5.75 Å². The van der Waals surface area contributed by atoms with Gasteiger partial charge in [0.1, 0.15) is 18.0 Å². The summed E-state index contributed by atoms with van der Waals surface area (Å²) in [6, 6.07) is 6.35. The third kappa shape index (κ3) is 6.05. The second-order valence-electron chi connectivity index (χ2n) is 7.23. The Bertz CT molecular complexity index is 630. The maximum Gasteiger partial charge on any atom is 0.319 e. The van der Waals surface area contributed by atoms with E-state index in [1.807, 2.05) is 26.0 Å². The molecule has 1 aliphatic heterocycles. The molecular weight excluding hydrogens is 364 g/mol. The maximum absolute atomic E-state index is 12.2. The van der Waals surface area contributed by atoms with E-state index in [4.69, 9.17) is 9.47 Å². The molecule has 0 spiro atoms. The first-order valence-corrected chi connectivity index (χ1v) is 9.34.